The normalized spacial score (nSPS) is 10.8. The first-order valence-corrected chi connectivity index (χ1v) is 10.8. The maximum absolute atomic E-state index is 12.6. The van der Waals surface area contributed by atoms with Crippen molar-refractivity contribution in [3.8, 4) is 11.5 Å². The van der Waals surface area contributed by atoms with Gasteiger partial charge in [0.1, 0.15) is 5.82 Å². The molecule has 0 bridgehead atoms. The van der Waals surface area contributed by atoms with Crippen LogP contribution in [0.25, 0.3) is 10.8 Å². The number of nitrogens with zero attached hydrogens (tertiary/aromatic N) is 2. The van der Waals surface area contributed by atoms with E-state index in [-0.39, 0.29) is 5.91 Å². The average molecular weight is 434 g/mol. The maximum atomic E-state index is 12.6. The van der Waals surface area contributed by atoms with E-state index in [2.05, 4.69) is 34.7 Å². The quantitative estimate of drug-likeness (QED) is 0.403. The molecule has 4 rings (SSSR count). The van der Waals surface area contributed by atoms with Gasteiger partial charge in [-0.25, -0.2) is 4.68 Å². The van der Waals surface area contributed by atoms with E-state index >= 15 is 0 Å². The third kappa shape index (κ3) is 4.83. The number of benzene rings is 3. The van der Waals surface area contributed by atoms with Gasteiger partial charge < -0.3 is 14.8 Å². The first-order chi connectivity index (χ1) is 15.2. The number of fused-ring (bicyclic) bond motifs is 1. The molecule has 1 heterocycles. The lowest BCUT2D eigenvalue weighted by molar-refractivity contribution is -0.113. The molecule has 0 aliphatic rings. The van der Waals surface area contributed by atoms with Crippen LogP contribution in [0.5, 0.6) is 11.5 Å². The van der Waals surface area contributed by atoms with Crippen molar-refractivity contribution < 1.29 is 14.3 Å². The van der Waals surface area contributed by atoms with Gasteiger partial charge in [0.25, 0.3) is 0 Å². The molecule has 1 aromatic heterocycles. The minimum atomic E-state index is -0.0856. The number of amides is 1. The fourth-order valence-corrected chi connectivity index (χ4v) is 4.13. The summed E-state index contributed by atoms with van der Waals surface area (Å²) in [4.78, 5) is 13.6. The molecule has 31 heavy (non-hydrogen) atoms. The number of hydrogen-bond acceptors (Lipinski definition) is 5. The van der Waals surface area contributed by atoms with Crippen molar-refractivity contribution in [3.63, 3.8) is 0 Å². The van der Waals surface area contributed by atoms with E-state index in [1.54, 1.807) is 31.2 Å². The lowest BCUT2D eigenvalue weighted by Gasteiger charge is -2.14. The van der Waals surface area contributed by atoms with Gasteiger partial charge in [-0.05, 0) is 29.0 Å². The monoisotopic (exact) mass is 433 g/mol. The topological polar surface area (TPSA) is 65.4 Å². The van der Waals surface area contributed by atoms with Crippen LogP contribution in [0, 0.1) is 0 Å². The Bertz CT molecular complexity index is 1210. The van der Waals surface area contributed by atoms with Crippen LogP contribution in [0.2, 0.25) is 0 Å². The number of nitrogens with one attached hydrogen (secondary N) is 1. The molecule has 1 N–H and O–H groups in total. The highest BCUT2D eigenvalue weighted by molar-refractivity contribution is 8.00. The fourth-order valence-electron chi connectivity index (χ4n) is 3.39. The number of carbonyl (C=O) groups is 1. The van der Waals surface area contributed by atoms with E-state index in [4.69, 9.17) is 9.47 Å². The minimum absolute atomic E-state index is 0.0856. The first kappa shape index (κ1) is 20.8. The van der Waals surface area contributed by atoms with Gasteiger partial charge in [0.05, 0.1) is 32.7 Å². The van der Waals surface area contributed by atoms with Crippen LogP contribution in [-0.2, 0) is 11.3 Å². The Morgan fingerprint density at radius 3 is 2.65 bits per heavy atom. The summed E-state index contributed by atoms with van der Waals surface area (Å²) in [7, 11) is 3.21. The third-order valence-corrected chi connectivity index (χ3v) is 5.87. The van der Waals surface area contributed by atoms with E-state index in [1.807, 2.05) is 36.4 Å². The summed E-state index contributed by atoms with van der Waals surface area (Å²) in [5.41, 5.74) is 0.909. The summed E-state index contributed by atoms with van der Waals surface area (Å²) in [5, 5.41) is 9.65. The van der Waals surface area contributed by atoms with Crippen molar-refractivity contribution in [1.29, 1.82) is 0 Å². The summed E-state index contributed by atoms with van der Waals surface area (Å²) in [5.74, 6) is 2.17. The molecule has 0 spiro atoms. The number of para-hydroxylation sites is 1. The van der Waals surface area contributed by atoms with E-state index < -0.39 is 0 Å². The number of thioether (sulfide) groups is 1. The molecule has 0 aliphatic heterocycles. The van der Waals surface area contributed by atoms with Crippen molar-refractivity contribution in [1.82, 2.24) is 9.78 Å². The SMILES string of the molecule is COc1cccc(Cn2nccc2NC(=O)CSc2ccc3ccccc3c2)c1OC. The Morgan fingerprint density at radius 1 is 1.00 bits per heavy atom. The van der Waals surface area contributed by atoms with Crippen molar-refractivity contribution in [2.24, 2.45) is 0 Å². The zero-order valence-corrected chi connectivity index (χ0v) is 18.2. The molecule has 4 aromatic rings. The molecule has 0 atom stereocenters. The van der Waals surface area contributed by atoms with E-state index in [0.29, 0.717) is 29.6 Å². The van der Waals surface area contributed by atoms with Gasteiger partial charge in [-0.1, -0.05) is 42.5 Å². The number of anilines is 1. The van der Waals surface area contributed by atoms with Crippen LogP contribution in [-0.4, -0.2) is 35.7 Å². The Labute approximate surface area is 185 Å². The van der Waals surface area contributed by atoms with E-state index in [9.17, 15) is 4.79 Å². The highest BCUT2D eigenvalue weighted by atomic mass is 32.2. The second-order valence-corrected chi connectivity index (χ2v) is 7.92. The van der Waals surface area contributed by atoms with Gasteiger partial charge in [0, 0.05) is 16.5 Å². The standard InChI is InChI=1S/C24H23N3O3S/c1-29-21-9-5-8-19(24(21)30-2)15-27-22(12-13-25-27)26-23(28)16-31-20-11-10-17-6-3-4-7-18(17)14-20/h3-14H,15-16H2,1-2H3,(H,26,28). The van der Waals surface area contributed by atoms with Crippen LogP contribution in [0.15, 0.2) is 77.8 Å². The first-order valence-electron chi connectivity index (χ1n) is 9.81. The number of ether oxygens (including phenoxy) is 2. The number of methoxy groups -OCH3 is 2. The molecule has 0 aliphatic carbocycles. The largest absolute Gasteiger partial charge is 0.493 e. The van der Waals surface area contributed by atoms with Crippen LogP contribution >= 0.6 is 11.8 Å². The molecule has 0 radical (unpaired) electrons. The molecule has 1 amide bonds. The zero-order chi connectivity index (χ0) is 21.6. The Balaban J connectivity index is 1.41. The molecule has 6 nitrogen and oxygen atoms in total. The number of hydrogen-bond donors (Lipinski definition) is 1. The summed E-state index contributed by atoms with van der Waals surface area (Å²) in [6.45, 7) is 0.445. The predicted molar refractivity (Wildman–Crippen MR) is 124 cm³/mol. The summed E-state index contributed by atoms with van der Waals surface area (Å²) >= 11 is 1.51. The number of aromatic nitrogens is 2. The molecule has 3 aromatic carbocycles. The van der Waals surface area contributed by atoms with Crippen LogP contribution < -0.4 is 14.8 Å². The molecule has 0 saturated heterocycles. The van der Waals surface area contributed by atoms with Crippen LogP contribution in [0.1, 0.15) is 5.56 Å². The van der Waals surface area contributed by atoms with Crippen LogP contribution in [0.3, 0.4) is 0 Å². The van der Waals surface area contributed by atoms with Crippen molar-refractivity contribution in [2.45, 2.75) is 11.4 Å². The second-order valence-electron chi connectivity index (χ2n) is 6.87. The molecule has 0 saturated carbocycles. The summed E-state index contributed by atoms with van der Waals surface area (Å²) in [6, 6.07) is 21.9. The van der Waals surface area contributed by atoms with Crippen LogP contribution in [0.4, 0.5) is 5.82 Å². The van der Waals surface area contributed by atoms with Gasteiger partial charge in [-0.2, -0.15) is 5.10 Å². The fraction of sp³-hybridized carbons (Fsp3) is 0.167. The second kappa shape index (κ2) is 9.57. The van der Waals surface area contributed by atoms with Gasteiger partial charge >= 0.3 is 0 Å². The van der Waals surface area contributed by atoms with Crippen molar-refractivity contribution in [2.75, 3.05) is 25.3 Å². The lowest BCUT2D eigenvalue weighted by Crippen LogP contribution is -2.18. The maximum Gasteiger partial charge on any atom is 0.235 e. The molecule has 0 fully saturated rings. The zero-order valence-electron chi connectivity index (χ0n) is 17.4. The van der Waals surface area contributed by atoms with Crippen molar-refractivity contribution in [3.05, 3.63) is 78.5 Å². The summed E-state index contributed by atoms with van der Waals surface area (Å²) < 4.78 is 12.6. The average Bonchev–Trinajstić information content (AvgIpc) is 3.23. The smallest absolute Gasteiger partial charge is 0.235 e. The minimum Gasteiger partial charge on any atom is -0.493 e. The van der Waals surface area contributed by atoms with Gasteiger partial charge in [0.2, 0.25) is 5.91 Å². The third-order valence-electron chi connectivity index (χ3n) is 4.88. The Hall–Kier alpha value is -3.45. The molecular formula is C24H23N3O3S. The van der Waals surface area contributed by atoms with E-state index in [1.165, 1.54) is 22.5 Å². The lowest BCUT2D eigenvalue weighted by atomic mass is 10.1. The molecule has 158 valence electrons. The Kier molecular flexibility index (Phi) is 6.43. The number of rotatable bonds is 8. The van der Waals surface area contributed by atoms with Crippen molar-refractivity contribution >= 4 is 34.3 Å². The Morgan fingerprint density at radius 2 is 1.84 bits per heavy atom. The molecular weight excluding hydrogens is 410 g/mol. The number of carbonyl (C=O) groups excluding carboxylic acids is 1. The van der Waals surface area contributed by atoms with Gasteiger partial charge in [0.15, 0.2) is 11.5 Å². The summed E-state index contributed by atoms with van der Waals surface area (Å²) in [6.07, 6.45) is 1.67. The predicted octanol–water partition coefficient (Wildman–Crippen LogP) is 4.83. The van der Waals surface area contributed by atoms with E-state index in [0.717, 1.165) is 10.5 Å². The highest BCUT2D eigenvalue weighted by Crippen LogP contribution is 2.31. The highest BCUT2D eigenvalue weighted by Gasteiger charge is 2.13. The molecule has 7 heteroatoms. The molecule has 0 unspecified atom stereocenters. The van der Waals surface area contributed by atoms with Gasteiger partial charge in [-0.15, -0.1) is 11.8 Å². The van der Waals surface area contributed by atoms with Gasteiger partial charge in [-0.3, -0.25) is 4.79 Å².